The summed E-state index contributed by atoms with van der Waals surface area (Å²) in [5, 5.41) is 7.78. The van der Waals surface area contributed by atoms with Gasteiger partial charge in [0.1, 0.15) is 18.1 Å². The number of imide groups is 1. The molecule has 2 aromatic rings. The normalized spacial score (nSPS) is 15.3. The minimum atomic E-state index is -1.13. The Kier molecular flexibility index (Phi) is 15.6. The zero-order valence-corrected chi connectivity index (χ0v) is 29.6. The van der Waals surface area contributed by atoms with Crippen LogP contribution < -0.4 is 38.9 Å². The lowest BCUT2D eigenvalue weighted by molar-refractivity contribution is -0.132. The van der Waals surface area contributed by atoms with Crippen LogP contribution in [0.2, 0.25) is 0 Å². The summed E-state index contributed by atoms with van der Waals surface area (Å²) in [5.41, 5.74) is 23.4. The highest BCUT2D eigenvalue weighted by Crippen LogP contribution is 2.32. The first kappa shape index (κ1) is 40.2. The van der Waals surface area contributed by atoms with Crippen LogP contribution in [-0.4, -0.2) is 77.4 Å². The number of nitrogens with two attached hydrogens (primary N) is 4. The molecular weight excluding hydrogens is 675 g/mol. The van der Waals surface area contributed by atoms with Crippen LogP contribution in [0.25, 0.3) is 6.08 Å². The molecule has 15 nitrogen and oxygen atoms in total. The number of primary amides is 1. The van der Waals surface area contributed by atoms with Crippen molar-refractivity contribution in [3.8, 4) is 0 Å². The van der Waals surface area contributed by atoms with Crippen molar-refractivity contribution in [2.45, 2.75) is 64.1 Å². The second-order valence-corrected chi connectivity index (χ2v) is 13.4. The monoisotopic (exact) mass is 721 g/mol. The highest BCUT2D eigenvalue weighted by molar-refractivity contribution is 8.18. The lowest BCUT2D eigenvalue weighted by atomic mass is 10.0. The van der Waals surface area contributed by atoms with E-state index in [9.17, 15) is 28.8 Å². The number of unbranched alkanes of at least 4 members (excludes halogenated alkanes) is 1. The molecule has 1 saturated heterocycles. The van der Waals surface area contributed by atoms with E-state index in [1.54, 1.807) is 48.5 Å². The van der Waals surface area contributed by atoms with Crippen molar-refractivity contribution in [2.24, 2.45) is 33.8 Å². The molecule has 0 saturated carbocycles. The third-order valence-electron chi connectivity index (χ3n) is 7.74. The summed E-state index contributed by atoms with van der Waals surface area (Å²) in [6.45, 7) is 4.72. The number of guanidine groups is 1. The summed E-state index contributed by atoms with van der Waals surface area (Å²) in [5.74, 6) is -2.96. The number of hydrogen-bond acceptors (Lipinski definition) is 9. The van der Waals surface area contributed by atoms with Gasteiger partial charge in [0.2, 0.25) is 17.7 Å². The molecule has 6 amide bonds. The fourth-order valence-corrected chi connectivity index (χ4v) is 6.01. The van der Waals surface area contributed by atoms with Crippen molar-refractivity contribution in [1.82, 2.24) is 20.9 Å². The molecule has 0 unspecified atom stereocenters. The average molecular weight is 722 g/mol. The van der Waals surface area contributed by atoms with Crippen LogP contribution in [0.1, 0.15) is 73.5 Å². The van der Waals surface area contributed by atoms with Gasteiger partial charge in [0, 0.05) is 18.7 Å². The minimum Gasteiger partial charge on any atom is -0.370 e. The van der Waals surface area contributed by atoms with Crippen LogP contribution in [0.5, 0.6) is 0 Å². The second-order valence-electron chi connectivity index (χ2n) is 12.4. The van der Waals surface area contributed by atoms with Gasteiger partial charge in [0.05, 0.1) is 4.91 Å². The van der Waals surface area contributed by atoms with Crippen molar-refractivity contribution in [3.63, 3.8) is 0 Å². The Morgan fingerprint density at radius 2 is 1.47 bits per heavy atom. The molecule has 3 rings (SSSR count). The SMILES string of the molecule is CC(C)CN1C(=O)S/C(=C\c2ccc(C(=O)N[C@@H](CCCN=C(N)N)C(=O)N[C@@H](CCCCN)C(=O)N[C@H](C(N)=O)c3ccccc3)cc2)C1=O. The number of carbonyl (C=O) groups excluding carboxylic acids is 6. The zero-order valence-electron chi connectivity index (χ0n) is 28.8. The van der Waals surface area contributed by atoms with Gasteiger partial charge in [-0.05, 0) is 85.7 Å². The molecule has 274 valence electrons. The molecule has 0 aromatic heterocycles. The van der Waals surface area contributed by atoms with Gasteiger partial charge in [0.25, 0.3) is 17.1 Å². The molecule has 0 aliphatic carbocycles. The first-order chi connectivity index (χ1) is 24.3. The lowest BCUT2D eigenvalue weighted by Crippen LogP contribution is -2.54. The predicted molar refractivity (Wildman–Crippen MR) is 196 cm³/mol. The number of aliphatic imine (C=N–C) groups is 1. The van der Waals surface area contributed by atoms with Gasteiger partial charge in [-0.15, -0.1) is 0 Å². The number of thioether (sulfide) groups is 1. The van der Waals surface area contributed by atoms with Crippen LogP contribution in [0, 0.1) is 5.92 Å². The van der Waals surface area contributed by atoms with Gasteiger partial charge >= 0.3 is 0 Å². The Morgan fingerprint density at radius 3 is 2.08 bits per heavy atom. The Hall–Kier alpha value is -5.22. The Bertz CT molecular complexity index is 1610. The fourth-order valence-electron chi connectivity index (χ4n) is 5.16. The van der Waals surface area contributed by atoms with Gasteiger partial charge in [-0.3, -0.25) is 38.7 Å². The number of nitrogens with one attached hydrogen (secondary N) is 3. The molecule has 1 aliphatic rings. The predicted octanol–water partition coefficient (Wildman–Crippen LogP) is 1.49. The Labute approximate surface area is 301 Å². The topological polar surface area (TPSA) is 258 Å². The minimum absolute atomic E-state index is 0.121. The van der Waals surface area contributed by atoms with Crippen molar-refractivity contribution in [1.29, 1.82) is 0 Å². The standard InChI is InChI=1S/C35H47N9O6S/c1-21(2)20-44-33(49)27(51-35(44)50)19-22-13-15-24(16-14-22)30(46)41-26(12-8-18-40-34(38)39)31(47)42-25(11-6-7-17-36)32(48)43-28(29(37)45)23-9-4-3-5-10-23/h3-5,9-10,13-16,19,21,25-26,28H,6-8,11-12,17-18,20,36H2,1-2H3,(H2,37,45)(H,41,46)(H,42,47)(H,43,48)(H4,38,39,40)/b27-19-/t25-,26-,28-/m0/s1. The van der Waals surface area contributed by atoms with Crippen LogP contribution in [0.4, 0.5) is 4.79 Å². The summed E-state index contributed by atoms with van der Waals surface area (Å²) in [4.78, 5) is 83.3. The lowest BCUT2D eigenvalue weighted by Gasteiger charge is -2.25. The smallest absolute Gasteiger partial charge is 0.293 e. The summed E-state index contributed by atoms with van der Waals surface area (Å²) in [7, 11) is 0. The average Bonchev–Trinajstić information content (AvgIpc) is 3.34. The fraction of sp³-hybridized carbons (Fsp3) is 0.400. The highest BCUT2D eigenvalue weighted by Gasteiger charge is 2.35. The van der Waals surface area contributed by atoms with Gasteiger partial charge in [-0.25, -0.2) is 0 Å². The van der Waals surface area contributed by atoms with Crippen molar-refractivity contribution >= 4 is 58.6 Å². The molecule has 1 heterocycles. The van der Waals surface area contributed by atoms with Gasteiger partial charge < -0.3 is 38.9 Å². The maximum atomic E-state index is 13.7. The van der Waals surface area contributed by atoms with E-state index in [0.29, 0.717) is 43.5 Å². The molecule has 0 spiro atoms. The molecule has 51 heavy (non-hydrogen) atoms. The number of carbonyl (C=O) groups is 6. The molecule has 2 aromatic carbocycles. The van der Waals surface area contributed by atoms with Crippen molar-refractivity contribution < 1.29 is 28.8 Å². The van der Waals surface area contributed by atoms with E-state index in [2.05, 4.69) is 20.9 Å². The van der Waals surface area contributed by atoms with Gasteiger partial charge in [0.15, 0.2) is 5.96 Å². The highest BCUT2D eigenvalue weighted by atomic mass is 32.2. The molecule has 16 heteroatoms. The van der Waals surface area contributed by atoms with E-state index in [-0.39, 0.29) is 52.9 Å². The van der Waals surface area contributed by atoms with Gasteiger partial charge in [-0.2, -0.15) is 0 Å². The first-order valence-electron chi connectivity index (χ1n) is 16.7. The molecule has 11 N–H and O–H groups in total. The molecule has 0 bridgehead atoms. The van der Waals surface area contributed by atoms with E-state index < -0.39 is 41.8 Å². The van der Waals surface area contributed by atoms with Crippen LogP contribution in [-0.2, 0) is 19.2 Å². The van der Waals surface area contributed by atoms with Gasteiger partial charge in [-0.1, -0.05) is 56.3 Å². The molecular formula is C35H47N9O6S. The molecule has 1 fully saturated rings. The number of nitrogens with zero attached hydrogens (tertiary/aromatic N) is 2. The Balaban J connectivity index is 1.77. The third-order valence-corrected chi connectivity index (χ3v) is 8.65. The largest absolute Gasteiger partial charge is 0.370 e. The van der Waals surface area contributed by atoms with E-state index in [1.165, 1.54) is 17.0 Å². The van der Waals surface area contributed by atoms with Crippen molar-refractivity contribution in [2.75, 3.05) is 19.6 Å². The number of rotatable bonds is 19. The number of hydrogen-bond donors (Lipinski definition) is 7. The third kappa shape index (κ3) is 12.6. The molecule has 0 radical (unpaired) electrons. The summed E-state index contributed by atoms with van der Waals surface area (Å²) in [6, 6.07) is 11.5. The first-order valence-corrected chi connectivity index (χ1v) is 17.5. The van der Waals surface area contributed by atoms with E-state index >= 15 is 0 Å². The van der Waals surface area contributed by atoms with E-state index in [4.69, 9.17) is 22.9 Å². The second kappa shape index (κ2) is 19.8. The number of amides is 6. The van der Waals surface area contributed by atoms with Crippen LogP contribution in [0.3, 0.4) is 0 Å². The quantitative estimate of drug-likeness (QED) is 0.0476. The Morgan fingerprint density at radius 1 is 0.843 bits per heavy atom. The van der Waals surface area contributed by atoms with Crippen LogP contribution in [0.15, 0.2) is 64.5 Å². The number of benzene rings is 2. The van der Waals surface area contributed by atoms with E-state index in [1.807, 2.05) is 13.8 Å². The summed E-state index contributed by atoms with van der Waals surface area (Å²) in [6.07, 6.45) is 3.33. The zero-order chi connectivity index (χ0) is 37.5. The van der Waals surface area contributed by atoms with Crippen LogP contribution >= 0.6 is 11.8 Å². The maximum Gasteiger partial charge on any atom is 0.293 e. The summed E-state index contributed by atoms with van der Waals surface area (Å²) >= 11 is 0.860. The van der Waals surface area contributed by atoms with E-state index in [0.717, 1.165) is 11.8 Å². The van der Waals surface area contributed by atoms with Crippen molar-refractivity contribution in [3.05, 3.63) is 76.2 Å². The maximum absolute atomic E-state index is 13.7. The summed E-state index contributed by atoms with van der Waals surface area (Å²) < 4.78 is 0. The molecule has 1 aliphatic heterocycles. The molecule has 3 atom stereocenters.